The third-order valence-corrected chi connectivity index (χ3v) is 6.56. The van der Waals surface area contributed by atoms with Crippen LogP contribution in [0, 0.1) is 11.3 Å². The Morgan fingerprint density at radius 2 is 1.84 bits per heavy atom. The number of hydrogen-bond acceptors (Lipinski definition) is 6. The number of nitrogens with zero attached hydrogens (tertiary/aromatic N) is 2. The maximum Gasteiger partial charge on any atom is 0.239 e. The topological polar surface area (TPSA) is 94.5 Å². The molecule has 1 aromatic heterocycles. The van der Waals surface area contributed by atoms with Gasteiger partial charge in [0, 0.05) is 4.88 Å². The number of benzene rings is 1. The summed E-state index contributed by atoms with van der Waals surface area (Å²) < 4.78 is 5.25. The molecule has 0 bridgehead atoms. The van der Waals surface area contributed by atoms with E-state index in [4.69, 9.17) is 4.74 Å². The number of ether oxygens (including phenoxy) is 1. The lowest BCUT2D eigenvalue weighted by Gasteiger charge is -2.19. The summed E-state index contributed by atoms with van der Waals surface area (Å²) in [6, 6.07) is 9.47. The first-order chi connectivity index (χ1) is 15.0. The Balaban J connectivity index is 1.60. The molecule has 0 fully saturated rings. The normalized spacial score (nSPS) is 13.1. The van der Waals surface area contributed by atoms with Gasteiger partial charge in [-0.3, -0.25) is 14.5 Å². The number of carbonyl (C=O) groups excluding carboxylic acids is 2. The molecule has 1 aliphatic rings. The van der Waals surface area contributed by atoms with E-state index in [1.807, 2.05) is 19.1 Å². The summed E-state index contributed by atoms with van der Waals surface area (Å²) >= 11 is 1.52. The van der Waals surface area contributed by atoms with Gasteiger partial charge in [0.2, 0.25) is 11.8 Å². The molecular formula is C23H28N4O3S. The number of hydrogen-bond donors (Lipinski definition) is 2. The molecule has 2 aromatic rings. The number of nitriles is 1. The molecular weight excluding hydrogens is 412 g/mol. The van der Waals surface area contributed by atoms with E-state index < -0.39 is 0 Å². The van der Waals surface area contributed by atoms with Crippen molar-refractivity contribution in [1.82, 2.24) is 4.90 Å². The fourth-order valence-corrected chi connectivity index (χ4v) is 4.99. The first kappa shape index (κ1) is 22.8. The number of carbonyl (C=O) groups is 2. The van der Waals surface area contributed by atoms with Gasteiger partial charge in [0.05, 0.1) is 31.5 Å². The zero-order valence-electron chi connectivity index (χ0n) is 18.0. The maximum atomic E-state index is 12.7. The number of rotatable bonds is 8. The molecule has 1 aromatic carbocycles. The second kappa shape index (κ2) is 10.9. The van der Waals surface area contributed by atoms with E-state index in [-0.39, 0.29) is 24.9 Å². The number of para-hydroxylation sites is 2. The molecule has 2 N–H and O–H groups in total. The van der Waals surface area contributed by atoms with Crippen LogP contribution < -0.4 is 15.4 Å². The predicted molar refractivity (Wildman–Crippen MR) is 123 cm³/mol. The molecule has 1 heterocycles. The molecule has 3 rings (SSSR count). The van der Waals surface area contributed by atoms with Gasteiger partial charge in [-0.05, 0) is 49.9 Å². The molecule has 0 saturated carbocycles. The summed E-state index contributed by atoms with van der Waals surface area (Å²) in [6.45, 7) is 2.59. The molecule has 2 amide bonds. The van der Waals surface area contributed by atoms with Crippen LogP contribution in [-0.2, 0) is 22.4 Å². The number of amides is 2. The van der Waals surface area contributed by atoms with Gasteiger partial charge in [-0.25, -0.2) is 0 Å². The maximum absolute atomic E-state index is 12.7. The number of aryl methyl sites for hydroxylation is 1. The molecule has 0 aliphatic heterocycles. The molecule has 0 unspecified atom stereocenters. The SMILES string of the molecule is CCN(CC(=O)Nc1ccccc1OC)CC(=O)Nc1sc2c(c1C#N)CCCCC2. The first-order valence-electron chi connectivity index (χ1n) is 10.5. The molecule has 164 valence electrons. The minimum absolute atomic E-state index is 0.0727. The lowest BCUT2D eigenvalue weighted by atomic mass is 10.1. The number of nitrogens with one attached hydrogen (secondary N) is 2. The van der Waals surface area contributed by atoms with Crippen molar-refractivity contribution in [2.75, 3.05) is 37.4 Å². The van der Waals surface area contributed by atoms with Crippen molar-refractivity contribution in [2.45, 2.75) is 39.0 Å². The van der Waals surface area contributed by atoms with Gasteiger partial charge in [-0.2, -0.15) is 5.26 Å². The van der Waals surface area contributed by atoms with E-state index in [1.165, 1.54) is 22.6 Å². The van der Waals surface area contributed by atoms with Crippen molar-refractivity contribution in [3.63, 3.8) is 0 Å². The quantitative estimate of drug-likeness (QED) is 0.609. The molecule has 0 atom stereocenters. The Kier molecular flexibility index (Phi) is 8.04. The Morgan fingerprint density at radius 3 is 2.55 bits per heavy atom. The summed E-state index contributed by atoms with van der Waals surface area (Å²) in [7, 11) is 1.55. The molecule has 31 heavy (non-hydrogen) atoms. The third kappa shape index (κ3) is 5.84. The van der Waals surface area contributed by atoms with Crippen molar-refractivity contribution in [1.29, 1.82) is 5.26 Å². The van der Waals surface area contributed by atoms with E-state index in [1.54, 1.807) is 24.1 Å². The minimum atomic E-state index is -0.222. The highest BCUT2D eigenvalue weighted by atomic mass is 32.1. The minimum Gasteiger partial charge on any atom is -0.495 e. The van der Waals surface area contributed by atoms with Crippen LogP contribution in [0.4, 0.5) is 10.7 Å². The van der Waals surface area contributed by atoms with E-state index in [2.05, 4.69) is 16.7 Å². The number of thiophene rings is 1. The number of anilines is 2. The highest BCUT2D eigenvalue weighted by Crippen LogP contribution is 2.36. The lowest BCUT2D eigenvalue weighted by Crippen LogP contribution is -2.38. The number of likely N-dealkylation sites (N-methyl/N-ethyl adjacent to an activating group) is 1. The zero-order chi connectivity index (χ0) is 22.2. The summed E-state index contributed by atoms with van der Waals surface area (Å²) in [5.74, 6) is 0.137. The molecule has 1 aliphatic carbocycles. The van der Waals surface area contributed by atoms with Gasteiger partial charge in [0.25, 0.3) is 0 Å². The number of methoxy groups -OCH3 is 1. The molecule has 8 heteroatoms. The standard InChI is InChI=1S/C23H28N4O3S/c1-3-27(14-21(28)25-18-10-7-8-11-19(18)30-2)15-22(29)26-23-17(13-24)16-9-5-4-6-12-20(16)31-23/h7-8,10-11H,3-6,9,12,14-15H2,1-2H3,(H,25,28)(H,26,29). The van der Waals surface area contributed by atoms with Gasteiger partial charge in [-0.1, -0.05) is 25.5 Å². The van der Waals surface area contributed by atoms with Crippen LogP contribution in [0.25, 0.3) is 0 Å². The van der Waals surface area contributed by atoms with E-state index in [9.17, 15) is 14.9 Å². The molecule has 0 saturated heterocycles. The molecule has 0 spiro atoms. The summed E-state index contributed by atoms with van der Waals surface area (Å²) in [5.41, 5.74) is 2.30. The van der Waals surface area contributed by atoms with E-state index >= 15 is 0 Å². The second-order valence-electron chi connectivity index (χ2n) is 7.48. The summed E-state index contributed by atoms with van der Waals surface area (Å²) in [6.07, 6.45) is 5.24. The van der Waals surface area contributed by atoms with Crippen LogP contribution in [0.1, 0.15) is 42.2 Å². The average molecular weight is 441 g/mol. The fourth-order valence-electron chi connectivity index (χ4n) is 3.74. The van der Waals surface area contributed by atoms with Crippen LogP contribution >= 0.6 is 11.3 Å². The summed E-state index contributed by atoms with van der Waals surface area (Å²) in [5, 5.41) is 16.0. The number of fused-ring (bicyclic) bond motifs is 1. The smallest absolute Gasteiger partial charge is 0.239 e. The van der Waals surface area contributed by atoms with Gasteiger partial charge in [0.1, 0.15) is 16.8 Å². The highest BCUT2D eigenvalue weighted by Gasteiger charge is 2.22. The zero-order valence-corrected chi connectivity index (χ0v) is 18.8. The Morgan fingerprint density at radius 1 is 1.13 bits per heavy atom. The lowest BCUT2D eigenvalue weighted by molar-refractivity contribution is -0.119. The average Bonchev–Trinajstić information content (AvgIpc) is 2.92. The van der Waals surface area contributed by atoms with Crippen molar-refractivity contribution < 1.29 is 14.3 Å². The van der Waals surface area contributed by atoms with Gasteiger partial charge in [0.15, 0.2) is 0 Å². The monoisotopic (exact) mass is 440 g/mol. The Bertz CT molecular complexity index is 980. The van der Waals surface area contributed by atoms with Crippen LogP contribution in [0.3, 0.4) is 0 Å². The van der Waals surface area contributed by atoms with Crippen molar-refractivity contribution >= 4 is 33.8 Å². The van der Waals surface area contributed by atoms with Gasteiger partial charge >= 0.3 is 0 Å². The van der Waals surface area contributed by atoms with Crippen molar-refractivity contribution in [3.8, 4) is 11.8 Å². The van der Waals surface area contributed by atoms with Crippen LogP contribution in [0.15, 0.2) is 24.3 Å². The van der Waals surface area contributed by atoms with Gasteiger partial charge < -0.3 is 15.4 Å². The first-order valence-corrected chi connectivity index (χ1v) is 11.4. The summed E-state index contributed by atoms with van der Waals surface area (Å²) in [4.78, 5) is 28.1. The third-order valence-electron chi connectivity index (χ3n) is 5.35. The highest BCUT2D eigenvalue weighted by molar-refractivity contribution is 7.16. The van der Waals surface area contributed by atoms with Gasteiger partial charge in [-0.15, -0.1) is 11.3 Å². The Hall–Kier alpha value is -2.89. The Labute approximate surface area is 187 Å². The van der Waals surface area contributed by atoms with Crippen LogP contribution in [0.2, 0.25) is 0 Å². The fraction of sp³-hybridized carbons (Fsp3) is 0.435. The van der Waals surface area contributed by atoms with Crippen molar-refractivity contribution in [3.05, 3.63) is 40.3 Å². The van der Waals surface area contributed by atoms with E-state index in [0.29, 0.717) is 28.5 Å². The second-order valence-corrected chi connectivity index (χ2v) is 8.59. The largest absolute Gasteiger partial charge is 0.495 e. The molecule has 7 nitrogen and oxygen atoms in total. The van der Waals surface area contributed by atoms with Crippen LogP contribution in [-0.4, -0.2) is 43.5 Å². The van der Waals surface area contributed by atoms with Crippen molar-refractivity contribution in [2.24, 2.45) is 0 Å². The van der Waals surface area contributed by atoms with E-state index in [0.717, 1.165) is 31.2 Å². The predicted octanol–water partition coefficient (Wildman–Crippen LogP) is 3.80. The van der Waals surface area contributed by atoms with Crippen LogP contribution in [0.5, 0.6) is 5.75 Å². The molecule has 0 radical (unpaired) electrons.